The van der Waals surface area contributed by atoms with Gasteiger partial charge in [-0.25, -0.2) is 4.79 Å². The summed E-state index contributed by atoms with van der Waals surface area (Å²) in [7, 11) is 1.73. The molecule has 0 aromatic heterocycles. The average molecular weight is 492 g/mol. The first-order valence-corrected chi connectivity index (χ1v) is 11.4. The summed E-state index contributed by atoms with van der Waals surface area (Å²) in [5, 5.41) is 11.1. The van der Waals surface area contributed by atoms with Gasteiger partial charge in [-0.3, -0.25) is 14.4 Å². The molecule has 11 nitrogen and oxygen atoms in total. The molecule has 1 aliphatic heterocycles. The van der Waals surface area contributed by atoms with Crippen LogP contribution < -0.4 is 11.1 Å². The van der Waals surface area contributed by atoms with Crippen molar-refractivity contribution in [3.8, 4) is 0 Å². The van der Waals surface area contributed by atoms with Crippen LogP contribution in [0.4, 0.5) is 4.79 Å². The van der Waals surface area contributed by atoms with Crippen LogP contribution in [0.3, 0.4) is 0 Å². The third kappa shape index (κ3) is 7.58. The monoisotopic (exact) mass is 491 g/mol. The van der Waals surface area contributed by atoms with Crippen molar-refractivity contribution in [1.29, 1.82) is 0 Å². The smallest absolute Gasteiger partial charge is 0.436 e. The summed E-state index contributed by atoms with van der Waals surface area (Å²) < 4.78 is 5.10. The van der Waals surface area contributed by atoms with Gasteiger partial charge in [0.05, 0.1) is 6.42 Å². The quantitative estimate of drug-likeness (QED) is 0.398. The van der Waals surface area contributed by atoms with Crippen molar-refractivity contribution >= 4 is 46.6 Å². The standard InChI is InChI=1S/C22H29N5O6S/c1-12-16(19(31)24-11-10-15(28)29)34-20(27(12)5)26-18(30)14-8-6-13(7-9-14)17(23)25-21(32)33-22(2,3)4/h6-9,12,16H,10-11H2,1-5H3,(H,24,31)(H,28,29)(H2,23,25,32). The minimum atomic E-state index is -0.999. The number of rotatable bonds is 6. The fraction of sp³-hybridized carbons (Fsp3) is 0.455. The van der Waals surface area contributed by atoms with E-state index in [2.05, 4.69) is 15.3 Å². The number of nitrogens with two attached hydrogens (primary N) is 1. The van der Waals surface area contributed by atoms with Crippen LogP contribution >= 0.6 is 11.8 Å². The molecule has 0 bridgehead atoms. The number of carboxylic acid groups (broad SMARTS) is 1. The van der Waals surface area contributed by atoms with E-state index in [4.69, 9.17) is 15.6 Å². The number of hydrogen-bond donors (Lipinski definition) is 3. The number of aliphatic carboxylic acids is 1. The van der Waals surface area contributed by atoms with E-state index in [1.165, 1.54) is 12.1 Å². The minimum Gasteiger partial charge on any atom is -0.481 e. The van der Waals surface area contributed by atoms with E-state index in [1.54, 1.807) is 44.9 Å². The number of benzene rings is 1. The van der Waals surface area contributed by atoms with E-state index in [1.807, 2.05) is 6.92 Å². The van der Waals surface area contributed by atoms with Gasteiger partial charge in [-0.15, -0.1) is 0 Å². The van der Waals surface area contributed by atoms with Crippen LogP contribution in [0, 0.1) is 0 Å². The van der Waals surface area contributed by atoms with Crippen LogP contribution in [0.15, 0.2) is 34.3 Å². The van der Waals surface area contributed by atoms with Crippen LogP contribution in [0.1, 0.15) is 50.0 Å². The minimum absolute atomic E-state index is 0.0276. The second kappa shape index (κ2) is 11.1. The van der Waals surface area contributed by atoms with Gasteiger partial charge in [0.1, 0.15) is 16.7 Å². The van der Waals surface area contributed by atoms with Gasteiger partial charge in [-0.1, -0.05) is 23.9 Å². The van der Waals surface area contributed by atoms with Crippen molar-refractivity contribution in [1.82, 2.24) is 10.2 Å². The van der Waals surface area contributed by atoms with E-state index in [0.29, 0.717) is 10.7 Å². The summed E-state index contributed by atoms with van der Waals surface area (Å²) in [5.41, 5.74) is 5.89. The van der Waals surface area contributed by atoms with E-state index in [0.717, 1.165) is 11.8 Å². The maximum Gasteiger partial charge on any atom is 0.436 e. The highest BCUT2D eigenvalue weighted by Crippen LogP contribution is 2.31. The Morgan fingerprint density at radius 3 is 2.32 bits per heavy atom. The van der Waals surface area contributed by atoms with Gasteiger partial charge < -0.3 is 25.8 Å². The fourth-order valence-corrected chi connectivity index (χ4v) is 4.09. The molecule has 0 spiro atoms. The van der Waals surface area contributed by atoms with Gasteiger partial charge in [0, 0.05) is 30.8 Å². The number of thioether (sulfide) groups is 1. The zero-order valence-corrected chi connectivity index (χ0v) is 20.5. The van der Waals surface area contributed by atoms with Gasteiger partial charge >= 0.3 is 12.1 Å². The molecule has 1 fully saturated rings. The van der Waals surface area contributed by atoms with Crippen LogP contribution in [0.2, 0.25) is 0 Å². The molecule has 1 heterocycles. The molecule has 4 N–H and O–H groups in total. The predicted molar refractivity (Wildman–Crippen MR) is 129 cm³/mol. The van der Waals surface area contributed by atoms with E-state index < -0.39 is 28.8 Å². The van der Waals surface area contributed by atoms with Crippen LogP contribution in [0.25, 0.3) is 0 Å². The normalized spacial score (nSPS) is 19.7. The highest BCUT2D eigenvalue weighted by Gasteiger charge is 2.39. The molecule has 1 aromatic rings. The van der Waals surface area contributed by atoms with Gasteiger partial charge in [0.25, 0.3) is 5.91 Å². The SMILES string of the molecule is CC1C(C(=O)NCCC(=O)O)SC(=NC(=O)c2ccc(C(N)=NC(=O)OC(C)(C)C)cc2)N1C. The molecule has 3 amide bonds. The number of nitrogens with one attached hydrogen (secondary N) is 1. The highest BCUT2D eigenvalue weighted by molar-refractivity contribution is 8.15. The number of carbonyl (C=O) groups excluding carboxylic acids is 3. The first kappa shape index (κ1) is 26.8. The zero-order chi connectivity index (χ0) is 25.6. The lowest BCUT2D eigenvalue weighted by atomic mass is 10.1. The Morgan fingerprint density at radius 1 is 1.18 bits per heavy atom. The molecule has 2 rings (SSSR count). The number of amidine groups is 2. The Labute approximate surface area is 201 Å². The topological polar surface area (TPSA) is 164 Å². The van der Waals surface area contributed by atoms with E-state index in [-0.39, 0.29) is 36.3 Å². The van der Waals surface area contributed by atoms with Crippen molar-refractivity contribution in [3.63, 3.8) is 0 Å². The molecule has 1 aromatic carbocycles. The summed E-state index contributed by atoms with van der Waals surface area (Å²) in [6.45, 7) is 7.00. The molecule has 2 atom stereocenters. The second-order valence-electron chi connectivity index (χ2n) is 8.58. The first-order valence-electron chi connectivity index (χ1n) is 10.5. The van der Waals surface area contributed by atoms with Crippen molar-refractivity contribution in [2.45, 2.75) is 51.0 Å². The zero-order valence-electron chi connectivity index (χ0n) is 19.7. The number of carbonyl (C=O) groups is 4. The number of nitrogens with zero attached hydrogens (tertiary/aromatic N) is 3. The van der Waals surface area contributed by atoms with Crippen molar-refractivity contribution < 1.29 is 29.0 Å². The number of carboxylic acids is 1. The third-order valence-electron chi connectivity index (χ3n) is 4.71. The van der Waals surface area contributed by atoms with Crippen molar-refractivity contribution in [3.05, 3.63) is 35.4 Å². The lowest BCUT2D eigenvalue weighted by Gasteiger charge is -2.19. The first-order chi connectivity index (χ1) is 15.8. The Morgan fingerprint density at radius 2 is 1.76 bits per heavy atom. The Bertz CT molecular complexity index is 1020. The van der Waals surface area contributed by atoms with Crippen molar-refractivity contribution in [2.75, 3.05) is 13.6 Å². The number of amides is 3. The number of ether oxygens (including phenoxy) is 1. The lowest BCUT2D eigenvalue weighted by Crippen LogP contribution is -2.41. The third-order valence-corrected chi connectivity index (χ3v) is 6.16. The Balaban J connectivity index is 2.07. The molecule has 0 radical (unpaired) electrons. The molecule has 0 saturated carbocycles. The summed E-state index contributed by atoms with van der Waals surface area (Å²) in [4.78, 5) is 57.1. The lowest BCUT2D eigenvalue weighted by molar-refractivity contribution is -0.136. The predicted octanol–water partition coefficient (Wildman–Crippen LogP) is 1.85. The second-order valence-corrected chi connectivity index (χ2v) is 9.69. The molecule has 1 aliphatic rings. The summed E-state index contributed by atoms with van der Waals surface area (Å²) in [6.07, 6.45) is -0.982. The van der Waals surface area contributed by atoms with Crippen LogP contribution in [0.5, 0.6) is 0 Å². The van der Waals surface area contributed by atoms with Crippen LogP contribution in [-0.4, -0.2) is 75.4 Å². The maximum absolute atomic E-state index is 12.7. The van der Waals surface area contributed by atoms with Gasteiger partial charge in [-0.2, -0.15) is 9.98 Å². The van der Waals surface area contributed by atoms with Crippen molar-refractivity contribution in [2.24, 2.45) is 15.7 Å². The van der Waals surface area contributed by atoms with Crippen LogP contribution in [-0.2, 0) is 14.3 Å². The molecule has 1 saturated heterocycles. The fourth-order valence-electron chi connectivity index (χ4n) is 2.83. The molecular weight excluding hydrogens is 462 g/mol. The molecule has 12 heteroatoms. The van der Waals surface area contributed by atoms with E-state index in [9.17, 15) is 19.2 Å². The number of hydrogen-bond acceptors (Lipinski definition) is 6. The van der Waals surface area contributed by atoms with E-state index >= 15 is 0 Å². The molecule has 0 aliphatic carbocycles. The molecular formula is C22H29N5O6S. The molecule has 34 heavy (non-hydrogen) atoms. The summed E-state index contributed by atoms with van der Waals surface area (Å²) in [6, 6.07) is 5.87. The average Bonchev–Trinajstić information content (AvgIpc) is 3.00. The summed E-state index contributed by atoms with van der Waals surface area (Å²) >= 11 is 1.14. The molecule has 2 unspecified atom stereocenters. The van der Waals surface area contributed by atoms with Gasteiger partial charge in [0.15, 0.2) is 5.17 Å². The largest absolute Gasteiger partial charge is 0.481 e. The Hall–Kier alpha value is -3.41. The number of aliphatic imine (C=N–C) groups is 2. The molecule has 184 valence electrons. The van der Waals surface area contributed by atoms with Gasteiger partial charge in [-0.05, 0) is 39.8 Å². The maximum atomic E-state index is 12.7. The Kier molecular flexibility index (Phi) is 8.80. The highest BCUT2D eigenvalue weighted by atomic mass is 32.2. The van der Waals surface area contributed by atoms with Gasteiger partial charge in [0.2, 0.25) is 5.91 Å². The summed E-state index contributed by atoms with van der Waals surface area (Å²) in [5.74, 6) is -1.87.